The molecule has 16 heavy (non-hydrogen) atoms. The van der Waals surface area contributed by atoms with Gasteiger partial charge in [-0.3, -0.25) is 9.59 Å². The largest absolute Gasteiger partial charge is 0.481 e. The molecule has 1 heterocycles. The zero-order valence-electron chi connectivity index (χ0n) is 9.06. The van der Waals surface area contributed by atoms with Crippen molar-refractivity contribution in [3.05, 3.63) is 34.9 Å². The van der Waals surface area contributed by atoms with Gasteiger partial charge in [-0.25, -0.2) is 0 Å². The van der Waals surface area contributed by atoms with Gasteiger partial charge in [0.2, 0.25) is 5.91 Å². The van der Waals surface area contributed by atoms with Gasteiger partial charge in [0, 0.05) is 20.0 Å². The van der Waals surface area contributed by atoms with E-state index in [1.54, 1.807) is 4.90 Å². The fourth-order valence-electron chi connectivity index (χ4n) is 2.04. The highest BCUT2D eigenvalue weighted by Gasteiger charge is 2.23. The lowest BCUT2D eigenvalue weighted by Crippen LogP contribution is -2.21. The van der Waals surface area contributed by atoms with E-state index >= 15 is 0 Å². The molecule has 0 radical (unpaired) electrons. The molecule has 0 aliphatic carbocycles. The minimum atomic E-state index is -0.838. The predicted molar refractivity (Wildman–Crippen MR) is 57.7 cm³/mol. The molecule has 1 aromatic rings. The molecule has 1 amide bonds. The average molecular weight is 219 g/mol. The van der Waals surface area contributed by atoms with Crippen molar-refractivity contribution in [2.45, 2.75) is 26.4 Å². The zero-order chi connectivity index (χ0) is 11.7. The van der Waals surface area contributed by atoms with Gasteiger partial charge in [-0.1, -0.05) is 18.2 Å². The van der Waals surface area contributed by atoms with E-state index in [-0.39, 0.29) is 12.3 Å². The Labute approximate surface area is 93.5 Å². The molecule has 0 saturated heterocycles. The number of rotatable bonds is 2. The van der Waals surface area contributed by atoms with Gasteiger partial charge in [-0.2, -0.15) is 0 Å². The Hall–Kier alpha value is -1.84. The second-order valence-corrected chi connectivity index (χ2v) is 4.00. The van der Waals surface area contributed by atoms with E-state index < -0.39 is 5.97 Å². The van der Waals surface area contributed by atoms with Gasteiger partial charge in [0.15, 0.2) is 0 Å². The average Bonchev–Trinajstić information content (AvgIpc) is 2.61. The first-order valence-electron chi connectivity index (χ1n) is 5.15. The Morgan fingerprint density at radius 2 is 2.12 bits per heavy atom. The molecule has 1 aliphatic heterocycles. The van der Waals surface area contributed by atoms with E-state index in [2.05, 4.69) is 0 Å². The van der Waals surface area contributed by atoms with E-state index in [4.69, 9.17) is 5.11 Å². The van der Waals surface area contributed by atoms with Crippen LogP contribution in [0.4, 0.5) is 0 Å². The van der Waals surface area contributed by atoms with Crippen molar-refractivity contribution in [3.63, 3.8) is 0 Å². The molecule has 4 nitrogen and oxygen atoms in total. The van der Waals surface area contributed by atoms with Gasteiger partial charge in [-0.15, -0.1) is 0 Å². The summed E-state index contributed by atoms with van der Waals surface area (Å²) in [6, 6.07) is 5.61. The van der Waals surface area contributed by atoms with Gasteiger partial charge < -0.3 is 10.0 Å². The summed E-state index contributed by atoms with van der Waals surface area (Å²) in [5, 5.41) is 8.79. The standard InChI is InChI=1S/C12H13NO3/c1-8(14)13-6-10-4-2-3-9(5-12(15)16)11(10)7-13/h2-4H,5-7H2,1H3,(H,15,16). The first-order valence-corrected chi connectivity index (χ1v) is 5.15. The highest BCUT2D eigenvalue weighted by atomic mass is 16.4. The second-order valence-electron chi connectivity index (χ2n) is 4.00. The minimum absolute atomic E-state index is 0.0227. The first kappa shape index (κ1) is 10.7. The number of carbonyl (C=O) groups excluding carboxylic acids is 1. The number of amides is 1. The van der Waals surface area contributed by atoms with Crippen molar-refractivity contribution >= 4 is 11.9 Å². The molecule has 84 valence electrons. The van der Waals surface area contributed by atoms with Crippen molar-refractivity contribution < 1.29 is 14.7 Å². The SMILES string of the molecule is CC(=O)N1Cc2cccc(CC(=O)O)c2C1. The summed E-state index contributed by atoms with van der Waals surface area (Å²) in [7, 11) is 0. The second kappa shape index (κ2) is 3.96. The molecule has 0 unspecified atom stereocenters. The number of benzene rings is 1. The third-order valence-corrected chi connectivity index (χ3v) is 2.87. The third kappa shape index (κ3) is 1.91. The van der Waals surface area contributed by atoms with Gasteiger partial charge in [-0.05, 0) is 16.7 Å². The minimum Gasteiger partial charge on any atom is -0.481 e. The van der Waals surface area contributed by atoms with Crippen LogP contribution in [-0.2, 0) is 29.1 Å². The van der Waals surface area contributed by atoms with Crippen LogP contribution in [0.5, 0.6) is 0 Å². The lowest BCUT2D eigenvalue weighted by molar-refractivity contribution is -0.136. The van der Waals surface area contributed by atoms with Crippen molar-refractivity contribution in [1.29, 1.82) is 0 Å². The van der Waals surface area contributed by atoms with Crippen LogP contribution in [0.2, 0.25) is 0 Å². The normalized spacial score (nSPS) is 13.7. The van der Waals surface area contributed by atoms with E-state index in [1.807, 2.05) is 18.2 Å². The van der Waals surface area contributed by atoms with Crippen molar-refractivity contribution in [2.75, 3.05) is 0 Å². The van der Waals surface area contributed by atoms with Gasteiger partial charge >= 0.3 is 5.97 Å². The number of hydrogen-bond acceptors (Lipinski definition) is 2. The molecule has 0 atom stereocenters. The highest BCUT2D eigenvalue weighted by Crippen LogP contribution is 2.26. The Balaban J connectivity index is 2.30. The fraction of sp³-hybridized carbons (Fsp3) is 0.333. The molecule has 0 bridgehead atoms. The van der Waals surface area contributed by atoms with Crippen molar-refractivity contribution in [3.8, 4) is 0 Å². The number of aliphatic carboxylic acids is 1. The summed E-state index contributed by atoms with van der Waals surface area (Å²) in [4.78, 5) is 23.7. The van der Waals surface area contributed by atoms with Gasteiger partial charge in [0.05, 0.1) is 6.42 Å². The maximum absolute atomic E-state index is 11.3. The number of hydrogen-bond donors (Lipinski definition) is 1. The summed E-state index contributed by atoms with van der Waals surface area (Å²) in [5.74, 6) is -0.813. The fourth-order valence-corrected chi connectivity index (χ4v) is 2.04. The van der Waals surface area contributed by atoms with Crippen LogP contribution in [0, 0.1) is 0 Å². The molecule has 0 fully saturated rings. The molecule has 0 saturated carbocycles. The lowest BCUT2D eigenvalue weighted by atomic mass is 10.0. The molecule has 2 rings (SSSR count). The number of carboxylic acids is 1. The molecule has 1 aromatic carbocycles. The maximum atomic E-state index is 11.3. The topological polar surface area (TPSA) is 57.6 Å². The van der Waals surface area contributed by atoms with Gasteiger partial charge in [0.25, 0.3) is 0 Å². The molecule has 1 aliphatic rings. The zero-order valence-corrected chi connectivity index (χ0v) is 9.06. The van der Waals surface area contributed by atoms with Gasteiger partial charge in [0.1, 0.15) is 0 Å². The van der Waals surface area contributed by atoms with Crippen LogP contribution >= 0.6 is 0 Å². The van der Waals surface area contributed by atoms with E-state index in [0.717, 1.165) is 16.7 Å². The first-order chi connectivity index (χ1) is 7.58. The maximum Gasteiger partial charge on any atom is 0.307 e. The Bertz CT molecular complexity index is 454. The van der Waals surface area contributed by atoms with Crippen LogP contribution in [0.25, 0.3) is 0 Å². The van der Waals surface area contributed by atoms with Crippen LogP contribution in [0.3, 0.4) is 0 Å². The van der Waals surface area contributed by atoms with Crippen LogP contribution < -0.4 is 0 Å². The van der Waals surface area contributed by atoms with Crippen molar-refractivity contribution in [1.82, 2.24) is 4.90 Å². The predicted octanol–water partition coefficient (Wildman–Crippen LogP) is 1.18. The summed E-state index contributed by atoms with van der Waals surface area (Å²) in [6.45, 7) is 2.66. The third-order valence-electron chi connectivity index (χ3n) is 2.87. The summed E-state index contributed by atoms with van der Waals surface area (Å²) >= 11 is 0. The molecule has 0 aromatic heterocycles. The smallest absolute Gasteiger partial charge is 0.307 e. The number of nitrogens with zero attached hydrogens (tertiary/aromatic N) is 1. The summed E-state index contributed by atoms with van der Waals surface area (Å²) in [5.41, 5.74) is 2.88. The quantitative estimate of drug-likeness (QED) is 0.812. The van der Waals surface area contributed by atoms with Crippen LogP contribution in [0.15, 0.2) is 18.2 Å². The Kier molecular flexibility index (Phi) is 2.64. The van der Waals surface area contributed by atoms with E-state index in [9.17, 15) is 9.59 Å². The van der Waals surface area contributed by atoms with E-state index in [0.29, 0.717) is 13.1 Å². The Morgan fingerprint density at radius 1 is 1.38 bits per heavy atom. The van der Waals surface area contributed by atoms with Crippen LogP contribution in [0.1, 0.15) is 23.6 Å². The number of fused-ring (bicyclic) bond motifs is 1. The molecule has 0 spiro atoms. The summed E-state index contributed by atoms with van der Waals surface area (Å²) < 4.78 is 0. The Morgan fingerprint density at radius 3 is 2.75 bits per heavy atom. The van der Waals surface area contributed by atoms with Crippen LogP contribution in [-0.4, -0.2) is 21.9 Å². The number of carboxylic acid groups (broad SMARTS) is 1. The summed E-state index contributed by atoms with van der Waals surface area (Å²) in [6.07, 6.45) is 0.0227. The molecular formula is C12H13NO3. The number of carbonyl (C=O) groups is 2. The monoisotopic (exact) mass is 219 g/mol. The molecular weight excluding hydrogens is 206 g/mol. The highest BCUT2D eigenvalue weighted by molar-refractivity contribution is 5.75. The lowest BCUT2D eigenvalue weighted by Gasteiger charge is -2.11. The van der Waals surface area contributed by atoms with Crippen molar-refractivity contribution in [2.24, 2.45) is 0 Å². The van der Waals surface area contributed by atoms with E-state index in [1.165, 1.54) is 6.92 Å². The molecule has 1 N–H and O–H groups in total. The molecule has 4 heteroatoms.